The van der Waals surface area contributed by atoms with E-state index in [4.69, 9.17) is 22.1 Å². The summed E-state index contributed by atoms with van der Waals surface area (Å²) in [5.41, 5.74) is 5.88. The average molecular weight is 343 g/mol. The lowest BCUT2D eigenvalue weighted by Gasteiger charge is -2.16. The molecule has 0 fully saturated rings. The number of urea groups is 1. The Hall–Kier alpha value is -1.83. The highest BCUT2D eigenvalue weighted by Gasteiger charge is 2.08. The number of rotatable bonds is 9. The molecule has 0 unspecified atom stereocenters. The fraction of sp³-hybridized carbons (Fsp3) is 0.467. The normalized spacial score (nSPS) is 10.6. The Morgan fingerprint density at radius 1 is 1.35 bits per heavy atom. The van der Waals surface area contributed by atoms with Crippen molar-refractivity contribution in [2.45, 2.75) is 6.42 Å². The molecule has 0 saturated heterocycles. The number of methoxy groups -OCH3 is 1. The quantitative estimate of drug-likeness (QED) is 0.593. The molecule has 7 nitrogen and oxygen atoms in total. The summed E-state index contributed by atoms with van der Waals surface area (Å²) in [4.78, 5) is 25.0. The largest absolute Gasteiger partial charge is 0.385 e. The van der Waals surface area contributed by atoms with Crippen LogP contribution >= 0.6 is 11.6 Å². The molecular weight excluding hydrogens is 320 g/mol. The molecule has 0 aliphatic carbocycles. The Morgan fingerprint density at radius 2 is 2.09 bits per heavy atom. The fourth-order valence-corrected chi connectivity index (χ4v) is 2.19. The van der Waals surface area contributed by atoms with E-state index in [1.54, 1.807) is 13.2 Å². The van der Waals surface area contributed by atoms with Crippen molar-refractivity contribution in [3.05, 3.63) is 28.8 Å². The molecule has 0 aromatic heterocycles. The van der Waals surface area contributed by atoms with Gasteiger partial charge in [0.2, 0.25) is 5.91 Å². The Morgan fingerprint density at radius 3 is 2.70 bits per heavy atom. The van der Waals surface area contributed by atoms with Crippen LogP contribution in [0, 0.1) is 0 Å². The lowest BCUT2D eigenvalue weighted by atomic mass is 10.2. The van der Waals surface area contributed by atoms with E-state index in [2.05, 4.69) is 15.5 Å². The molecule has 0 heterocycles. The fourth-order valence-electron chi connectivity index (χ4n) is 1.92. The highest BCUT2D eigenvalue weighted by Crippen LogP contribution is 2.20. The third-order valence-corrected chi connectivity index (χ3v) is 3.47. The number of nitrogens with one attached hydrogen (secondary N) is 2. The molecule has 0 aliphatic heterocycles. The lowest BCUT2D eigenvalue weighted by molar-refractivity contribution is 0.100. The van der Waals surface area contributed by atoms with Crippen molar-refractivity contribution in [3.63, 3.8) is 0 Å². The van der Waals surface area contributed by atoms with Crippen LogP contribution in [0.5, 0.6) is 0 Å². The third kappa shape index (κ3) is 7.32. The van der Waals surface area contributed by atoms with Crippen molar-refractivity contribution in [2.75, 3.05) is 45.7 Å². The van der Waals surface area contributed by atoms with Crippen molar-refractivity contribution in [2.24, 2.45) is 5.73 Å². The van der Waals surface area contributed by atoms with Gasteiger partial charge in [-0.05, 0) is 31.7 Å². The molecule has 4 N–H and O–H groups in total. The zero-order valence-electron chi connectivity index (χ0n) is 13.4. The number of likely N-dealkylation sites (N-methyl/N-ethyl adjacent to an activating group) is 1. The average Bonchev–Trinajstić information content (AvgIpc) is 2.47. The molecule has 0 spiro atoms. The number of carbonyl (C=O) groups excluding carboxylic acids is 2. The van der Waals surface area contributed by atoms with Crippen molar-refractivity contribution < 1.29 is 14.3 Å². The second kappa shape index (κ2) is 10.0. The van der Waals surface area contributed by atoms with Gasteiger partial charge in [-0.1, -0.05) is 11.6 Å². The maximum Gasteiger partial charge on any atom is 0.319 e. The highest BCUT2D eigenvalue weighted by molar-refractivity contribution is 6.34. The Balaban J connectivity index is 2.34. The van der Waals surface area contributed by atoms with Gasteiger partial charge >= 0.3 is 6.03 Å². The number of halogens is 1. The number of ether oxygens (including phenoxy) is 1. The molecular formula is C15H23ClN4O3. The van der Waals surface area contributed by atoms with Gasteiger partial charge in [-0.2, -0.15) is 0 Å². The van der Waals surface area contributed by atoms with Crippen molar-refractivity contribution in [1.29, 1.82) is 0 Å². The smallest absolute Gasteiger partial charge is 0.319 e. The van der Waals surface area contributed by atoms with Crippen LogP contribution < -0.4 is 16.4 Å². The predicted octanol–water partition coefficient (Wildman–Crippen LogP) is 1.53. The van der Waals surface area contributed by atoms with Gasteiger partial charge in [0.05, 0.1) is 10.6 Å². The Labute approximate surface area is 141 Å². The van der Waals surface area contributed by atoms with Gasteiger partial charge in [0, 0.05) is 39.0 Å². The molecule has 1 aromatic carbocycles. The molecule has 0 saturated carbocycles. The molecule has 128 valence electrons. The number of hydrogen-bond acceptors (Lipinski definition) is 4. The number of carbonyl (C=O) groups is 2. The number of nitrogens with zero attached hydrogens (tertiary/aromatic N) is 1. The minimum atomic E-state index is -0.609. The van der Waals surface area contributed by atoms with E-state index in [1.807, 2.05) is 7.05 Å². The number of hydrogen-bond donors (Lipinski definition) is 3. The van der Waals surface area contributed by atoms with E-state index in [0.29, 0.717) is 12.2 Å². The van der Waals surface area contributed by atoms with Crippen LogP contribution in [0.1, 0.15) is 16.8 Å². The number of anilines is 1. The first kappa shape index (κ1) is 19.2. The van der Waals surface area contributed by atoms with Gasteiger partial charge in [-0.3, -0.25) is 4.79 Å². The maximum absolute atomic E-state index is 11.8. The first-order valence-corrected chi connectivity index (χ1v) is 7.63. The third-order valence-electron chi connectivity index (χ3n) is 3.16. The van der Waals surface area contributed by atoms with E-state index in [-0.39, 0.29) is 16.6 Å². The van der Waals surface area contributed by atoms with Crippen LogP contribution in [-0.4, -0.2) is 57.2 Å². The van der Waals surface area contributed by atoms with E-state index in [0.717, 1.165) is 26.1 Å². The van der Waals surface area contributed by atoms with Gasteiger partial charge in [-0.15, -0.1) is 0 Å². The van der Waals surface area contributed by atoms with Gasteiger partial charge < -0.3 is 26.0 Å². The number of amides is 3. The number of benzene rings is 1. The van der Waals surface area contributed by atoms with Gasteiger partial charge in [0.15, 0.2) is 0 Å². The summed E-state index contributed by atoms with van der Waals surface area (Å²) in [5, 5.41) is 5.60. The van der Waals surface area contributed by atoms with E-state index >= 15 is 0 Å². The summed E-state index contributed by atoms with van der Waals surface area (Å²) in [5.74, 6) is -0.609. The highest BCUT2D eigenvalue weighted by atomic mass is 35.5. The van der Waals surface area contributed by atoms with E-state index in [9.17, 15) is 9.59 Å². The number of primary amides is 1. The SMILES string of the molecule is COCCCN(C)CCNC(=O)Nc1ccc(C(N)=O)c(Cl)c1. The van der Waals surface area contributed by atoms with Gasteiger partial charge in [0.1, 0.15) is 0 Å². The van der Waals surface area contributed by atoms with Crippen LogP contribution in [0.4, 0.5) is 10.5 Å². The monoisotopic (exact) mass is 342 g/mol. The zero-order valence-corrected chi connectivity index (χ0v) is 14.2. The topological polar surface area (TPSA) is 96.7 Å². The zero-order chi connectivity index (χ0) is 17.2. The summed E-state index contributed by atoms with van der Waals surface area (Å²) in [6.45, 7) is 2.88. The van der Waals surface area contributed by atoms with Crippen LogP contribution in [0.25, 0.3) is 0 Å². The van der Waals surface area contributed by atoms with Crippen LogP contribution in [0.15, 0.2) is 18.2 Å². The second-order valence-electron chi connectivity index (χ2n) is 5.09. The lowest BCUT2D eigenvalue weighted by Crippen LogP contribution is -2.36. The van der Waals surface area contributed by atoms with Crippen LogP contribution in [0.2, 0.25) is 5.02 Å². The molecule has 23 heavy (non-hydrogen) atoms. The first-order valence-electron chi connectivity index (χ1n) is 7.25. The summed E-state index contributed by atoms with van der Waals surface area (Å²) in [7, 11) is 3.66. The summed E-state index contributed by atoms with van der Waals surface area (Å²) in [6, 6.07) is 4.20. The van der Waals surface area contributed by atoms with Crippen LogP contribution in [-0.2, 0) is 4.74 Å². The minimum Gasteiger partial charge on any atom is -0.385 e. The summed E-state index contributed by atoms with van der Waals surface area (Å²) >= 11 is 5.92. The molecule has 0 radical (unpaired) electrons. The molecule has 0 bridgehead atoms. The van der Waals surface area contributed by atoms with Crippen molar-refractivity contribution in [1.82, 2.24) is 10.2 Å². The van der Waals surface area contributed by atoms with Crippen molar-refractivity contribution in [3.8, 4) is 0 Å². The van der Waals surface area contributed by atoms with Crippen LogP contribution in [0.3, 0.4) is 0 Å². The summed E-state index contributed by atoms with van der Waals surface area (Å²) < 4.78 is 4.99. The molecule has 1 aromatic rings. The molecule has 3 amide bonds. The van der Waals surface area contributed by atoms with E-state index in [1.165, 1.54) is 12.1 Å². The van der Waals surface area contributed by atoms with E-state index < -0.39 is 5.91 Å². The molecule has 0 aliphatic rings. The van der Waals surface area contributed by atoms with Gasteiger partial charge in [-0.25, -0.2) is 4.79 Å². The molecule has 8 heteroatoms. The van der Waals surface area contributed by atoms with Crippen molar-refractivity contribution >= 4 is 29.2 Å². The number of nitrogens with two attached hydrogens (primary N) is 1. The Bertz CT molecular complexity index is 539. The molecule has 0 atom stereocenters. The predicted molar refractivity (Wildman–Crippen MR) is 91.0 cm³/mol. The summed E-state index contributed by atoms with van der Waals surface area (Å²) in [6.07, 6.45) is 0.948. The van der Waals surface area contributed by atoms with Gasteiger partial charge in [0.25, 0.3) is 0 Å². The molecule has 1 rings (SSSR count). The maximum atomic E-state index is 11.8. The standard InChI is InChI=1S/C15H23ClN4O3/c1-20(7-3-9-23-2)8-6-18-15(22)19-11-4-5-12(14(17)21)13(16)10-11/h4-5,10H,3,6-9H2,1-2H3,(H2,17,21)(H2,18,19,22). The Kier molecular flexibility index (Phi) is 8.39. The minimum absolute atomic E-state index is 0.202. The second-order valence-corrected chi connectivity index (χ2v) is 5.50. The first-order chi connectivity index (χ1) is 10.9.